The molecular weight excluding hydrogens is 184 g/mol. The number of methoxy groups -OCH3 is 2. The molecular formula is C9H8N2O3. The van der Waals surface area contributed by atoms with Crippen LogP contribution < -0.4 is 4.74 Å². The Morgan fingerprint density at radius 1 is 1.57 bits per heavy atom. The van der Waals surface area contributed by atoms with Crippen LogP contribution in [0, 0.1) is 11.3 Å². The summed E-state index contributed by atoms with van der Waals surface area (Å²) in [7, 11) is 2.67. The second kappa shape index (κ2) is 4.23. The summed E-state index contributed by atoms with van der Waals surface area (Å²) in [6.45, 7) is 0. The van der Waals surface area contributed by atoms with E-state index in [0.717, 1.165) is 0 Å². The first-order chi connectivity index (χ1) is 6.72. The summed E-state index contributed by atoms with van der Waals surface area (Å²) in [6.07, 6.45) is 1.30. The molecule has 14 heavy (non-hydrogen) atoms. The van der Waals surface area contributed by atoms with E-state index in [1.807, 2.05) is 6.07 Å². The number of nitriles is 1. The van der Waals surface area contributed by atoms with Crippen molar-refractivity contribution in [2.24, 2.45) is 0 Å². The fourth-order valence-electron chi connectivity index (χ4n) is 0.924. The van der Waals surface area contributed by atoms with E-state index >= 15 is 0 Å². The van der Waals surface area contributed by atoms with Gasteiger partial charge in [0.1, 0.15) is 11.6 Å². The average molecular weight is 192 g/mol. The van der Waals surface area contributed by atoms with Crippen molar-refractivity contribution in [3.63, 3.8) is 0 Å². The molecule has 0 atom stereocenters. The van der Waals surface area contributed by atoms with E-state index in [-0.39, 0.29) is 17.0 Å². The minimum atomic E-state index is -0.531. The lowest BCUT2D eigenvalue weighted by Crippen LogP contribution is -2.03. The molecule has 0 saturated heterocycles. The molecule has 5 heteroatoms. The summed E-state index contributed by atoms with van der Waals surface area (Å²) in [5, 5.41) is 8.71. The zero-order valence-corrected chi connectivity index (χ0v) is 7.77. The first-order valence-corrected chi connectivity index (χ1v) is 3.75. The van der Waals surface area contributed by atoms with Gasteiger partial charge in [0.2, 0.25) is 5.88 Å². The highest BCUT2D eigenvalue weighted by atomic mass is 16.5. The first-order valence-electron chi connectivity index (χ1n) is 3.75. The molecule has 5 nitrogen and oxygen atoms in total. The molecule has 1 aromatic heterocycles. The van der Waals surface area contributed by atoms with Crippen molar-refractivity contribution in [2.45, 2.75) is 0 Å². The third kappa shape index (κ3) is 1.80. The van der Waals surface area contributed by atoms with Gasteiger partial charge in [-0.2, -0.15) is 5.26 Å². The normalized spacial score (nSPS) is 8.93. The Hall–Kier alpha value is -2.09. The fourth-order valence-corrected chi connectivity index (χ4v) is 0.924. The van der Waals surface area contributed by atoms with E-state index in [1.54, 1.807) is 0 Å². The maximum absolute atomic E-state index is 11.1. The molecule has 0 amide bonds. The summed E-state index contributed by atoms with van der Waals surface area (Å²) in [4.78, 5) is 14.9. The highest BCUT2D eigenvalue weighted by Crippen LogP contribution is 2.15. The van der Waals surface area contributed by atoms with Gasteiger partial charge in [-0.1, -0.05) is 0 Å². The summed E-state index contributed by atoms with van der Waals surface area (Å²) >= 11 is 0. The number of carbonyl (C=O) groups is 1. The highest BCUT2D eigenvalue weighted by molar-refractivity contribution is 5.89. The molecule has 1 heterocycles. The maximum atomic E-state index is 11.1. The third-order valence-corrected chi connectivity index (χ3v) is 1.59. The number of nitrogens with zero attached hydrogens (tertiary/aromatic N) is 2. The van der Waals surface area contributed by atoms with Crippen LogP contribution in [0.5, 0.6) is 5.88 Å². The maximum Gasteiger partial charge on any atom is 0.339 e. The zero-order valence-electron chi connectivity index (χ0n) is 7.77. The van der Waals surface area contributed by atoms with Crippen molar-refractivity contribution in [1.82, 2.24) is 4.98 Å². The quantitative estimate of drug-likeness (QED) is 0.646. The molecule has 0 aliphatic heterocycles. The van der Waals surface area contributed by atoms with Crippen molar-refractivity contribution in [1.29, 1.82) is 5.26 Å². The van der Waals surface area contributed by atoms with Gasteiger partial charge in [-0.15, -0.1) is 0 Å². The van der Waals surface area contributed by atoms with Crippen LogP contribution in [0.2, 0.25) is 0 Å². The van der Waals surface area contributed by atoms with Gasteiger partial charge in [0.25, 0.3) is 0 Å². The molecule has 0 aromatic carbocycles. The van der Waals surface area contributed by atoms with Gasteiger partial charge in [-0.25, -0.2) is 9.78 Å². The second-order valence-corrected chi connectivity index (χ2v) is 2.38. The second-order valence-electron chi connectivity index (χ2n) is 2.38. The molecule has 0 N–H and O–H groups in total. The van der Waals surface area contributed by atoms with Crippen molar-refractivity contribution < 1.29 is 14.3 Å². The van der Waals surface area contributed by atoms with Crippen molar-refractivity contribution >= 4 is 5.97 Å². The van der Waals surface area contributed by atoms with E-state index in [0.29, 0.717) is 0 Å². The van der Waals surface area contributed by atoms with Gasteiger partial charge in [0, 0.05) is 6.20 Å². The van der Waals surface area contributed by atoms with Gasteiger partial charge >= 0.3 is 5.97 Å². The lowest BCUT2D eigenvalue weighted by molar-refractivity contribution is 0.0600. The number of esters is 1. The molecule has 0 aliphatic rings. The minimum absolute atomic E-state index is 0.195. The van der Waals surface area contributed by atoms with Gasteiger partial charge < -0.3 is 9.47 Å². The fraction of sp³-hybridized carbons (Fsp3) is 0.222. The van der Waals surface area contributed by atoms with Crippen LogP contribution in [-0.2, 0) is 4.74 Å². The Morgan fingerprint density at radius 2 is 2.29 bits per heavy atom. The molecule has 0 saturated carbocycles. The van der Waals surface area contributed by atoms with Crippen molar-refractivity contribution in [3.8, 4) is 11.9 Å². The molecule has 0 radical (unpaired) electrons. The predicted octanol–water partition coefficient (Wildman–Crippen LogP) is 0.748. The lowest BCUT2D eigenvalue weighted by atomic mass is 10.2. The summed E-state index contributed by atoms with van der Waals surface area (Å²) in [5.41, 5.74) is 0.431. The van der Waals surface area contributed by atoms with E-state index < -0.39 is 5.97 Å². The minimum Gasteiger partial charge on any atom is -0.480 e. The van der Waals surface area contributed by atoms with Crippen LogP contribution in [0.1, 0.15) is 15.9 Å². The summed E-state index contributed by atoms with van der Waals surface area (Å²) in [6, 6.07) is 3.24. The van der Waals surface area contributed by atoms with Crippen molar-refractivity contribution in [3.05, 3.63) is 23.4 Å². The van der Waals surface area contributed by atoms with Crippen LogP contribution in [-0.4, -0.2) is 25.2 Å². The van der Waals surface area contributed by atoms with Gasteiger partial charge in [-0.05, 0) is 6.07 Å². The Labute approximate surface area is 80.9 Å². The van der Waals surface area contributed by atoms with Crippen LogP contribution in [0.25, 0.3) is 0 Å². The van der Waals surface area contributed by atoms with Gasteiger partial charge in [-0.3, -0.25) is 0 Å². The third-order valence-electron chi connectivity index (χ3n) is 1.59. The van der Waals surface area contributed by atoms with Gasteiger partial charge in [0.15, 0.2) is 0 Å². The SMILES string of the molecule is COC(=O)c1cnc(OC)c(C#N)c1. The number of carbonyl (C=O) groups excluding carboxylic acids is 1. The van der Waals surface area contributed by atoms with Crippen LogP contribution in [0.15, 0.2) is 12.3 Å². The molecule has 0 aliphatic carbocycles. The number of aromatic nitrogens is 1. The molecule has 0 fully saturated rings. The Morgan fingerprint density at radius 3 is 2.79 bits per heavy atom. The van der Waals surface area contributed by atoms with E-state index in [1.165, 1.54) is 26.5 Å². The van der Waals surface area contributed by atoms with Crippen LogP contribution in [0.3, 0.4) is 0 Å². The standard InChI is InChI=1S/C9H8N2O3/c1-13-8-6(4-10)3-7(5-11-8)9(12)14-2/h3,5H,1-2H3. The molecule has 0 spiro atoms. The van der Waals surface area contributed by atoms with Crippen LogP contribution in [0.4, 0.5) is 0 Å². The number of ether oxygens (including phenoxy) is 2. The summed E-state index contributed by atoms with van der Waals surface area (Å²) in [5.74, 6) is -0.336. The molecule has 0 bridgehead atoms. The Kier molecular flexibility index (Phi) is 3.02. The Balaban J connectivity index is 3.15. The largest absolute Gasteiger partial charge is 0.480 e. The number of hydrogen-bond acceptors (Lipinski definition) is 5. The van der Waals surface area contributed by atoms with Gasteiger partial charge in [0.05, 0.1) is 19.8 Å². The number of rotatable bonds is 2. The van der Waals surface area contributed by atoms with Crippen LogP contribution >= 0.6 is 0 Å². The molecule has 1 aromatic rings. The topological polar surface area (TPSA) is 72.2 Å². The first kappa shape index (κ1) is 9.99. The molecule has 72 valence electrons. The highest BCUT2D eigenvalue weighted by Gasteiger charge is 2.10. The summed E-state index contributed by atoms with van der Waals surface area (Å²) < 4.78 is 9.30. The smallest absolute Gasteiger partial charge is 0.339 e. The number of hydrogen-bond donors (Lipinski definition) is 0. The average Bonchev–Trinajstić information content (AvgIpc) is 2.26. The zero-order chi connectivity index (χ0) is 10.6. The van der Waals surface area contributed by atoms with E-state index in [2.05, 4.69) is 9.72 Å². The monoisotopic (exact) mass is 192 g/mol. The Bertz CT molecular complexity index is 396. The molecule has 1 rings (SSSR count). The number of pyridine rings is 1. The molecule has 0 unspecified atom stereocenters. The van der Waals surface area contributed by atoms with Crippen molar-refractivity contribution in [2.75, 3.05) is 14.2 Å². The predicted molar refractivity (Wildman–Crippen MR) is 46.8 cm³/mol. The van der Waals surface area contributed by atoms with E-state index in [4.69, 9.17) is 10.00 Å². The lowest BCUT2D eigenvalue weighted by Gasteiger charge is -2.02. The van der Waals surface area contributed by atoms with E-state index in [9.17, 15) is 4.79 Å².